The first-order valence-corrected chi connectivity index (χ1v) is 10.8. The maximum absolute atomic E-state index is 15.1. The standard InChI is InChI=1S/C24H21ClF2N6O/c1-13(2)7-14-8-19(21(27)11-18(14)17-4-3-15(26)9-22(17)28)24(34)32-16-10-20(25)23(29-12-16)33-30-5-6-31-33/h3-6,8-13H,7,28H2,1-2H3,(H,32,34). The van der Waals surface area contributed by atoms with Crippen molar-refractivity contribution < 1.29 is 13.6 Å². The van der Waals surface area contributed by atoms with Crippen molar-refractivity contribution in [3.8, 4) is 16.9 Å². The first kappa shape index (κ1) is 23.3. The highest BCUT2D eigenvalue weighted by Gasteiger charge is 2.20. The van der Waals surface area contributed by atoms with E-state index in [-0.39, 0.29) is 33.7 Å². The van der Waals surface area contributed by atoms with Gasteiger partial charge in [0.15, 0.2) is 5.82 Å². The third-order valence-corrected chi connectivity index (χ3v) is 5.34. The summed E-state index contributed by atoms with van der Waals surface area (Å²) in [6.45, 7) is 4.01. The molecule has 0 bridgehead atoms. The summed E-state index contributed by atoms with van der Waals surface area (Å²) in [5.41, 5.74) is 8.05. The summed E-state index contributed by atoms with van der Waals surface area (Å²) in [7, 11) is 0. The highest BCUT2D eigenvalue weighted by Crippen LogP contribution is 2.33. The molecule has 10 heteroatoms. The van der Waals surface area contributed by atoms with Crippen LogP contribution in [0.1, 0.15) is 29.8 Å². The topological polar surface area (TPSA) is 98.7 Å². The highest BCUT2D eigenvalue weighted by atomic mass is 35.5. The predicted octanol–water partition coefficient (Wildman–Crippen LogP) is 5.29. The lowest BCUT2D eigenvalue weighted by Crippen LogP contribution is -2.16. The Hall–Kier alpha value is -3.85. The fourth-order valence-electron chi connectivity index (χ4n) is 3.60. The van der Waals surface area contributed by atoms with Crippen molar-refractivity contribution in [1.82, 2.24) is 20.0 Å². The first-order valence-electron chi connectivity index (χ1n) is 10.4. The Morgan fingerprint density at radius 2 is 1.85 bits per heavy atom. The van der Waals surface area contributed by atoms with Gasteiger partial charge < -0.3 is 11.1 Å². The van der Waals surface area contributed by atoms with Crippen LogP contribution in [-0.4, -0.2) is 25.9 Å². The lowest BCUT2D eigenvalue weighted by atomic mass is 9.90. The Kier molecular flexibility index (Phi) is 6.56. The average Bonchev–Trinajstić information content (AvgIpc) is 3.29. The number of benzene rings is 2. The second kappa shape index (κ2) is 9.56. The van der Waals surface area contributed by atoms with Crippen LogP contribution in [0.3, 0.4) is 0 Å². The van der Waals surface area contributed by atoms with E-state index >= 15 is 4.39 Å². The van der Waals surface area contributed by atoms with Gasteiger partial charge in [-0.25, -0.2) is 13.8 Å². The SMILES string of the molecule is CC(C)Cc1cc(C(=O)Nc2cnc(-n3nccn3)c(Cl)c2)c(F)cc1-c1ccc(F)cc1N. The largest absolute Gasteiger partial charge is 0.398 e. The Bertz CT molecular complexity index is 1360. The molecule has 2 aromatic heterocycles. The molecule has 0 aliphatic carbocycles. The molecule has 0 saturated carbocycles. The Balaban J connectivity index is 1.67. The summed E-state index contributed by atoms with van der Waals surface area (Å²) >= 11 is 6.25. The molecule has 4 aromatic rings. The molecule has 1 amide bonds. The summed E-state index contributed by atoms with van der Waals surface area (Å²) in [6, 6.07) is 8.20. The van der Waals surface area contributed by atoms with Crippen LogP contribution in [0.5, 0.6) is 0 Å². The molecule has 174 valence electrons. The number of nitrogen functional groups attached to an aromatic ring is 1. The molecular weight excluding hydrogens is 462 g/mol. The summed E-state index contributed by atoms with van der Waals surface area (Å²) in [5, 5.41) is 10.8. The van der Waals surface area contributed by atoms with E-state index in [9.17, 15) is 9.18 Å². The number of aromatic nitrogens is 4. The van der Waals surface area contributed by atoms with Crippen LogP contribution in [-0.2, 0) is 6.42 Å². The number of nitrogens with one attached hydrogen (secondary N) is 1. The van der Waals surface area contributed by atoms with Gasteiger partial charge in [-0.15, -0.1) is 4.80 Å². The Labute approximate surface area is 199 Å². The molecule has 2 aromatic carbocycles. The van der Waals surface area contributed by atoms with Gasteiger partial charge in [0.05, 0.1) is 34.9 Å². The normalized spacial score (nSPS) is 11.1. The molecular formula is C24H21ClF2N6O. The van der Waals surface area contributed by atoms with Crippen molar-refractivity contribution >= 4 is 28.9 Å². The molecule has 0 saturated heterocycles. The molecule has 0 spiro atoms. The van der Waals surface area contributed by atoms with E-state index in [1.807, 2.05) is 13.8 Å². The molecule has 0 fully saturated rings. The van der Waals surface area contributed by atoms with Gasteiger partial charge in [0, 0.05) is 11.3 Å². The number of rotatable bonds is 6. The van der Waals surface area contributed by atoms with Crippen LogP contribution in [0.15, 0.2) is 55.0 Å². The lowest BCUT2D eigenvalue weighted by molar-refractivity contribution is 0.102. The average molecular weight is 483 g/mol. The zero-order valence-corrected chi connectivity index (χ0v) is 19.1. The fraction of sp³-hybridized carbons (Fsp3) is 0.167. The predicted molar refractivity (Wildman–Crippen MR) is 127 cm³/mol. The van der Waals surface area contributed by atoms with Crippen LogP contribution in [0, 0.1) is 17.6 Å². The van der Waals surface area contributed by atoms with Gasteiger partial charge in [0.25, 0.3) is 5.91 Å². The van der Waals surface area contributed by atoms with E-state index in [0.29, 0.717) is 17.5 Å². The van der Waals surface area contributed by atoms with Gasteiger partial charge in [-0.3, -0.25) is 4.79 Å². The van der Waals surface area contributed by atoms with E-state index in [2.05, 4.69) is 20.5 Å². The molecule has 0 aliphatic heterocycles. The lowest BCUT2D eigenvalue weighted by Gasteiger charge is -2.16. The van der Waals surface area contributed by atoms with Gasteiger partial charge >= 0.3 is 0 Å². The molecule has 4 rings (SSSR count). The van der Waals surface area contributed by atoms with Crippen molar-refractivity contribution in [2.75, 3.05) is 11.1 Å². The zero-order valence-electron chi connectivity index (χ0n) is 18.4. The third kappa shape index (κ3) is 4.89. The minimum atomic E-state index is -0.736. The van der Waals surface area contributed by atoms with Gasteiger partial charge in [0.1, 0.15) is 11.6 Å². The van der Waals surface area contributed by atoms with Crippen LogP contribution in [0.4, 0.5) is 20.2 Å². The molecule has 0 unspecified atom stereocenters. The quantitative estimate of drug-likeness (QED) is 0.364. The van der Waals surface area contributed by atoms with E-state index in [1.54, 1.807) is 0 Å². The third-order valence-electron chi connectivity index (χ3n) is 5.06. The maximum Gasteiger partial charge on any atom is 0.258 e. The minimum Gasteiger partial charge on any atom is -0.398 e. The highest BCUT2D eigenvalue weighted by molar-refractivity contribution is 6.32. The van der Waals surface area contributed by atoms with Crippen molar-refractivity contribution in [1.29, 1.82) is 0 Å². The number of hydrogen-bond acceptors (Lipinski definition) is 5. The van der Waals surface area contributed by atoms with Gasteiger partial charge in [0.2, 0.25) is 0 Å². The van der Waals surface area contributed by atoms with Crippen LogP contribution >= 0.6 is 11.6 Å². The molecule has 3 N–H and O–H groups in total. The monoisotopic (exact) mass is 482 g/mol. The number of carbonyl (C=O) groups is 1. The Morgan fingerprint density at radius 3 is 2.50 bits per heavy atom. The maximum atomic E-state index is 15.1. The van der Waals surface area contributed by atoms with E-state index in [0.717, 1.165) is 5.56 Å². The summed E-state index contributed by atoms with van der Waals surface area (Å²) in [4.78, 5) is 18.3. The van der Waals surface area contributed by atoms with Crippen molar-refractivity contribution in [2.45, 2.75) is 20.3 Å². The van der Waals surface area contributed by atoms with E-state index < -0.39 is 17.5 Å². The molecule has 2 heterocycles. The Morgan fingerprint density at radius 1 is 1.12 bits per heavy atom. The van der Waals surface area contributed by atoms with Crippen LogP contribution in [0.25, 0.3) is 16.9 Å². The zero-order chi connectivity index (χ0) is 24.4. The minimum absolute atomic E-state index is 0.144. The second-order valence-corrected chi connectivity index (χ2v) is 8.53. The fourth-order valence-corrected chi connectivity index (χ4v) is 3.84. The van der Waals surface area contributed by atoms with Crippen molar-refractivity contribution in [3.05, 3.63) is 82.8 Å². The number of nitrogens with two attached hydrogens (primary N) is 1. The van der Waals surface area contributed by atoms with Crippen LogP contribution in [0.2, 0.25) is 5.02 Å². The molecule has 34 heavy (non-hydrogen) atoms. The van der Waals surface area contributed by atoms with Crippen molar-refractivity contribution in [2.24, 2.45) is 5.92 Å². The number of carbonyl (C=O) groups excluding carboxylic acids is 1. The smallest absolute Gasteiger partial charge is 0.258 e. The second-order valence-electron chi connectivity index (χ2n) is 8.12. The van der Waals surface area contributed by atoms with Gasteiger partial charge in [-0.2, -0.15) is 10.2 Å². The molecule has 0 aliphatic rings. The van der Waals surface area contributed by atoms with E-state index in [1.165, 1.54) is 59.8 Å². The van der Waals surface area contributed by atoms with E-state index in [4.69, 9.17) is 17.3 Å². The number of nitrogens with zero attached hydrogens (tertiary/aromatic N) is 4. The number of amides is 1. The molecule has 0 atom stereocenters. The number of halogens is 3. The number of anilines is 2. The first-order chi connectivity index (χ1) is 16.2. The van der Waals surface area contributed by atoms with Crippen LogP contribution < -0.4 is 11.1 Å². The molecule has 0 radical (unpaired) electrons. The summed E-state index contributed by atoms with van der Waals surface area (Å²) in [6.07, 6.45) is 4.90. The number of hydrogen-bond donors (Lipinski definition) is 2. The van der Waals surface area contributed by atoms with Gasteiger partial charge in [-0.05, 0) is 59.9 Å². The van der Waals surface area contributed by atoms with Crippen molar-refractivity contribution in [3.63, 3.8) is 0 Å². The van der Waals surface area contributed by atoms with Gasteiger partial charge in [-0.1, -0.05) is 25.4 Å². The number of pyridine rings is 1. The summed E-state index contributed by atoms with van der Waals surface area (Å²) in [5.74, 6) is -1.38. The molecule has 7 nitrogen and oxygen atoms in total. The summed E-state index contributed by atoms with van der Waals surface area (Å²) < 4.78 is 28.6.